The van der Waals surface area contributed by atoms with Crippen LogP contribution in [-0.2, 0) is 4.74 Å². The molecule has 7 heteroatoms. The molecule has 0 saturated heterocycles. The van der Waals surface area contributed by atoms with Crippen LogP contribution < -0.4 is 10.6 Å². The second-order valence-corrected chi connectivity index (χ2v) is 6.28. The number of amides is 2. The fourth-order valence-electron chi connectivity index (χ4n) is 1.97. The van der Waals surface area contributed by atoms with Crippen LogP contribution in [0.25, 0.3) is 0 Å². The molecule has 0 aromatic heterocycles. The van der Waals surface area contributed by atoms with Crippen molar-refractivity contribution in [3.63, 3.8) is 0 Å². The average Bonchev–Trinajstić information content (AvgIpc) is 2.48. The third kappa shape index (κ3) is 5.56. The van der Waals surface area contributed by atoms with E-state index in [1.165, 1.54) is 24.3 Å². The third-order valence-electron chi connectivity index (χ3n) is 2.95. The predicted molar refractivity (Wildman–Crippen MR) is 90.6 cm³/mol. The van der Waals surface area contributed by atoms with Gasteiger partial charge in [0.2, 0.25) is 0 Å². The van der Waals surface area contributed by atoms with Crippen LogP contribution in [-0.4, -0.2) is 17.6 Å². The summed E-state index contributed by atoms with van der Waals surface area (Å²) in [5.41, 5.74) is -0.470. The largest absolute Gasteiger partial charge is 0.444 e. The number of nitrogens with one attached hydrogen (secondary N) is 2. The maximum atomic E-state index is 13.5. The van der Waals surface area contributed by atoms with Crippen LogP contribution in [0.1, 0.15) is 31.1 Å². The first-order valence-corrected chi connectivity index (χ1v) is 7.50. The molecule has 0 saturated carbocycles. The topological polar surface area (TPSA) is 67.4 Å². The molecule has 0 radical (unpaired) electrons. The van der Waals surface area contributed by atoms with Gasteiger partial charge in [0.1, 0.15) is 17.2 Å². The van der Waals surface area contributed by atoms with Gasteiger partial charge in [-0.3, -0.25) is 10.1 Å². The Labute approximate surface area is 144 Å². The van der Waals surface area contributed by atoms with E-state index in [-0.39, 0.29) is 16.9 Å². The quantitative estimate of drug-likeness (QED) is 0.854. The minimum absolute atomic E-state index is 0.0279. The molecular formula is C18H18F2N2O3. The zero-order valence-electron chi connectivity index (χ0n) is 14.0. The number of carbonyl (C=O) groups is 2. The van der Waals surface area contributed by atoms with E-state index in [1.807, 2.05) is 0 Å². The van der Waals surface area contributed by atoms with E-state index in [2.05, 4.69) is 10.6 Å². The molecule has 0 aliphatic heterocycles. The van der Waals surface area contributed by atoms with E-state index in [4.69, 9.17) is 4.74 Å². The minimum Gasteiger partial charge on any atom is -0.444 e. The molecule has 2 rings (SSSR count). The summed E-state index contributed by atoms with van der Waals surface area (Å²) in [6, 6.07) is 8.52. The van der Waals surface area contributed by atoms with Crippen LogP contribution >= 0.6 is 0 Å². The highest BCUT2D eigenvalue weighted by Gasteiger charge is 2.18. The Morgan fingerprint density at radius 2 is 1.60 bits per heavy atom. The van der Waals surface area contributed by atoms with Crippen molar-refractivity contribution in [2.75, 3.05) is 10.6 Å². The Bertz CT molecular complexity index is 801. The molecule has 0 unspecified atom stereocenters. The molecule has 2 N–H and O–H groups in total. The highest BCUT2D eigenvalue weighted by Crippen LogP contribution is 2.24. The first-order valence-electron chi connectivity index (χ1n) is 7.50. The molecule has 0 spiro atoms. The van der Waals surface area contributed by atoms with Gasteiger partial charge in [0.05, 0.1) is 11.4 Å². The van der Waals surface area contributed by atoms with E-state index < -0.39 is 29.2 Å². The fraction of sp³-hybridized carbons (Fsp3) is 0.222. The van der Waals surface area contributed by atoms with Crippen molar-refractivity contribution in [3.05, 3.63) is 59.7 Å². The Balaban J connectivity index is 2.21. The molecule has 0 atom stereocenters. The van der Waals surface area contributed by atoms with Crippen LogP contribution in [0, 0.1) is 11.6 Å². The van der Waals surface area contributed by atoms with Gasteiger partial charge in [0, 0.05) is 5.56 Å². The zero-order valence-corrected chi connectivity index (χ0v) is 14.0. The molecule has 0 aliphatic carbocycles. The first-order chi connectivity index (χ1) is 11.6. The van der Waals surface area contributed by atoms with Crippen LogP contribution in [0.2, 0.25) is 0 Å². The van der Waals surface area contributed by atoms with Crippen LogP contribution in [0.5, 0.6) is 0 Å². The highest BCUT2D eigenvalue weighted by molar-refractivity contribution is 6.06. The number of carbonyl (C=O) groups excluding carboxylic acids is 2. The summed E-state index contributed by atoms with van der Waals surface area (Å²) in [5, 5.41) is 4.89. The van der Waals surface area contributed by atoms with Gasteiger partial charge >= 0.3 is 6.09 Å². The number of anilines is 2. The molecule has 2 aromatic carbocycles. The normalized spacial score (nSPS) is 10.9. The highest BCUT2D eigenvalue weighted by atomic mass is 19.1. The molecule has 132 valence electrons. The molecule has 2 amide bonds. The maximum absolute atomic E-state index is 13.5. The van der Waals surface area contributed by atoms with Gasteiger partial charge in [-0.25, -0.2) is 13.6 Å². The van der Waals surface area contributed by atoms with Crippen molar-refractivity contribution in [2.24, 2.45) is 0 Å². The second-order valence-electron chi connectivity index (χ2n) is 6.28. The predicted octanol–water partition coefficient (Wildman–Crippen LogP) is 4.56. The molecule has 5 nitrogen and oxygen atoms in total. The van der Waals surface area contributed by atoms with Gasteiger partial charge in [0.15, 0.2) is 0 Å². The first kappa shape index (κ1) is 18.4. The van der Waals surface area contributed by atoms with Crippen LogP contribution in [0.3, 0.4) is 0 Å². The summed E-state index contributed by atoms with van der Waals surface area (Å²) in [7, 11) is 0. The second kappa shape index (κ2) is 7.29. The fourth-order valence-corrected chi connectivity index (χ4v) is 1.97. The van der Waals surface area contributed by atoms with E-state index in [9.17, 15) is 18.4 Å². The van der Waals surface area contributed by atoms with Crippen LogP contribution in [0.4, 0.5) is 25.0 Å². The molecule has 0 bridgehead atoms. The number of halogens is 2. The Morgan fingerprint density at radius 3 is 2.24 bits per heavy atom. The van der Waals surface area contributed by atoms with Crippen molar-refractivity contribution in [1.29, 1.82) is 0 Å². The molecule has 0 aliphatic rings. The van der Waals surface area contributed by atoms with Crippen molar-refractivity contribution < 1.29 is 23.1 Å². The van der Waals surface area contributed by atoms with Gasteiger partial charge < -0.3 is 10.1 Å². The number of benzene rings is 2. The number of hydrogen-bond donors (Lipinski definition) is 2. The molecule has 0 fully saturated rings. The molecular weight excluding hydrogens is 330 g/mol. The van der Waals surface area contributed by atoms with Crippen LogP contribution in [0.15, 0.2) is 42.5 Å². The van der Waals surface area contributed by atoms with Gasteiger partial charge in [-0.2, -0.15) is 0 Å². The summed E-state index contributed by atoms with van der Waals surface area (Å²) in [5.74, 6) is -1.82. The SMILES string of the molecule is CC(C)(C)OC(=O)Nc1ccc(F)cc1NC(=O)c1cccc(F)c1. The van der Waals surface area contributed by atoms with E-state index >= 15 is 0 Å². The summed E-state index contributed by atoms with van der Waals surface area (Å²) >= 11 is 0. The van der Waals surface area contributed by atoms with E-state index in [1.54, 1.807) is 20.8 Å². The van der Waals surface area contributed by atoms with Crippen molar-refractivity contribution >= 4 is 23.4 Å². The number of rotatable bonds is 3. The Kier molecular flexibility index (Phi) is 5.36. The standard InChI is InChI=1S/C18H18F2N2O3/c1-18(2,3)25-17(24)22-14-8-7-13(20)10-15(14)21-16(23)11-5-4-6-12(19)9-11/h4-10H,1-3H3,(H,21,23)(H,22,24). The minimum atomic E-state index is -0.750. The lowest BCUT2D eigenvalue weighted by Gasteiger charge is -2.20. The van der Waals surface area contributed by atoms with Gasteiger partial charge in [-0.1, -0.05) is 6.07 Å². The van der Waals surface area contributed by atoms with Gasteiger partial charge in [0.25, 0.3) is 5.91 Å². The Morgan fingerprint density at radius 1 is 0.920 bits per heavy atom. The third-order valence-corrected chi connectivity index (χ3v) is 2.95. The van der Waals surface area contributed by atoms with Gasteiger partial charge in [-0.15, -0.1) is 0 Å². The van der Waals surface area contributed by atoms with Crippen molar-refractivity contribution in [3.8, 4) is 0 Å². The van der Waals surface area contributed by atoms with E-state index in [0.29, 0.717) is 0 Å². The van der Waals surface area contributed by atoms with Crippen molar-refractivity contribution in [1.82, 2.24) is 0 Å². The van der Waals surface area contributed by atoms with Gasteiger partial charge in [-0.05, 0) is 57.2 Å². The summed E-state index contributed by atoms with van der Waals surface area (Å²) in [4.78, 5) is 24.1. The molecule has 2 aromatic rings. The molecule has 0 heterocycles. The lowest BCUT2D eigenvalue weighted by atomic mass is 10.2. The smallest absolute Gasteiger partial charge is 0.412 e. The Hall–Kier alpha value is -2.96. The van der Waals surface area contributed by atoms with Crippen molar-refractivity contribution in [2.45, 2.75) is 26.4 Å². The number of hydrogen-bond acceptors (Lipinski definition) is 3. The monoisotopic (exact) mass is 348 g/mol. The summed E-state index contributed by atoms with van der Waals surface area (Å²) in [6.45, 7) is 5.09. The summed E-state index contributed by atoms with van der Waals surface area (Å²) in [6.07, 6.45) is -0.750. The zero-order chi connectivity index (χ0) is 18.6. The number of ether oxygens (including phenoxy) is 1. The lowest BCUT2D eigenvalue weighted by Crippen LogP contribution is -2.27. The lowest BCUT2D eigenvalue weighted by molar-refractivity contribution is 0.0635. The average molecular weight is 348 g/mol. The van der Waals surface area contributed by atoms with E-state index in [0.717, 1.165) is 18.2 Å². The molecule has 25 heavy (non-hydrogen) atoms. The maximum Gasteiger partial charge on any atom is 0.412 e. The summed E-state index contributed by atoms with van der Waals surface area (Å²) < 4.78 is 31.9.